The molecule has 0 spiro atoms. The molecule has 0 bridgehead atoms. The quantitative estimate of drug-likeness (QED) is 0.666. The molecular formula is C18H19N2O3+. The van der Waals surface area contributed by atoms with Gasteiger partial charge in [0, 0.05) is 6.07 Å². The van der Waals surface area contributed by atoms with E-state index in [4.69, 9.17) is 9.94 Å². The van der Waals surface area contributed by atoms with Crippen LogP contribution in [0.25, 0.3) is 0 Å². The number of carbonyl (C=O) groups is 1. The first-order valence-electron chi connectivity index (χ1n) is 7.54. The Labute approximate surface area is 134 Å². The number of benzene rings is 2. The number of rotatable bonds is 4. The molecule has 0 fully saturated rings. The fraction of sp³-hybridized carbons (Fsp3) is 0.222. The third-order valence-corrected chi connectivity index (χ3v) is 4.05. The van der Waals surface area contributed by atoms with Crippen molar-refractivity contribution in [1.82, 2.24) is 0 Å². The van der Waals surface area contributed by atoms with Crippen LogP contribution in [0.2, 0.25) is 0 Å². The lowest BCUT2D eigenvalue weighted by atomic mass is 10.1. The molecule has 23 heavy (non-hydrogen) atoms. The number of oxime groups is 1. The van der Waals surface area contributed by atoms with E-state index in [1.807, 2.05) is 56.3 Å². The van der Waals surface area contributed by atoms with E-state index in [9.17, 15) is 4.79 Å². The minimum absolute atomic E-state index is 0.120. The van der Waals surface area contributed by atoms with Gasteiger partial charge in [-0.05, 0) is 37.1 Å². The van der Waals surface area contributed by atoms with Crippen LogP contribution in [0.3, 0.4) is 0 Å². The summed E-state index contributed by atoms with van der Waals surface area (Å²) in [6.45, 7) is 4.80. The fourth-order valence-electron chi connectivity index (χ4n) is 2.83. The molecule has 3 rings (SSSR count). The zero-order valence-electron chi connectivity index (χ0n) is 13.2. The van der Waals surface area contributed by atoms with E-state index in [0.717, 1.165) is 22.6 Å². The molecule has 0 aromatic heterocycles. The second kappa shape index (κ2) is 6.22. The molecule has 2 aromatic carbocycles. The first kappa shape index (κ1) is 15.2. The van der Waals surface area contributed by atoms with Gasteiger partial charge in [0.2, 0.25) is 5.71 Å². The van der Waals surface area contributed by atoms with Gasteiger partial charge >= 0.3 is 5.91 Å². The van der Waals surface area contributed by atoms with Crippen LogP contribution < -0.4 is 9.64 Å². The van der Waals surface area contributed by atoms with Gasteiger partial charge in [-0.2, -0.15) is 0 Å². The molecule has 0 aliphatic carbocycles. The summed E-state index contributed by atoms with van der Waals surface area (Å²) >= 11 is 0. The predicted molar refractivity (Wildman–Crippen MR) is 86.7 cm³/mol. The number of aryl methyl sites for hydroxylation is 2. The summed E-state index contributed by atoms with van der Waals surface area (Å²) < 4.78 is 5.78. The van der Waals surface area contributed by atoms with Crippen molar-refractivity contribution in [2.45, 2.75) is 13.8 Å². The van der Waals surface area contributed by atoms with Crippen molar-refractivity contribution in [3.05, 3.63) is 59.2 Å². The van der Waals surface area contributed by atoms with Crippen LogP contribution in [-0.4, -0.2) is 30.0 Å². The van der Waals surface area contributed by atoms with Crippen molar-refractivity contribution in [3.63, 3.8) is 0 Å². The number of quaternary nitrogens is 1. The largest absolute Gasteiger partial charge is 0.487 e. The topological polar surface area (TPSA) is 63.3 Å². The second-order valence-electron chi connectivity index (χ2n) is 5.67. The van der Waals surface area contributed by atoms with Crippen molar-refractivity contribution in [3.8, 4) is 5.75 Å². The first-order chi connectivity index (χ1) is 11.1. The number of amides is 1. The lowest BCUT2D eigenvalue weighted by Crippen LogP contribution is -3.09. The van der Waals surface area contributed by atoms with Gasteiger partial charge in [0.1, 0.15) is 24.6 Å². The average molecular weight is 311 g/mol. The minimum atomic E-state index is -0.221. The predicted octanol–water partition coefficient (Wildman–Crippen LogP) is 1.62. The molecule has 0 saturated heterocycles. The third-order valence-electron chi connectivity index (χ3n) is 4.05. The van der Waals surface area contributed by atoms with Crippen LogP contribution in [0, 0.1) is 13.8 Å². The van der Waals surface area contributed by atoms with Gasteiger partial charge < -0.3 is 9.94 Å². The molecule has 1 aliphatic rings. The first-order valence-corrected chi connectivity index (χ1v) is 7.54. The molecule has 1 amide bonds. The molecule has 1 aliphatic heterocycles. The van der Waals surface area contributed by atoms with Crippen LogP contribution in [0.1, 0.15) is 16.7 Å². The summed E-state index contributed by atoms with van der Waals surface area (Å²) in [4.78, 5) is 13.1. The standard InChI is InChI=1S/C18H18N2O3/c1-12-7-8-15-14(11-12)17(19-22)18(21)20(15)9-10-23-16-6-4-3-5-13(16)2/h3-8,11,22H,9-10H2,1-2H3/p+1. The highest BCUT2D eigenvalue weighted by Crippen LogP contribution is 2.20. The second-order valence-corrected chi connectivity index (χ2v) is 5.67. The fourth-order valence-corrected chi connectivity index (χ4v) is 2.83. The molecule has 2 N–H and O–H groups in total. The summed E-state index contributed by atoms with van der Waals surface area (Å²) in [5.41, 5.74) is 3.73. The Morgan fingerprint density at radius 1 is 1.17 bits per heavy atom. The number of hydrogen-bond donors (Lipinski definition) is 2. The third kappa shape index (κ3) is 2.83. The Morgan fingerprint density at radius 3 is 2.70 bits per heavy atom. The van der Waals surface area contributed by atoms with Crippen molar-refractivity contribution in [2.75, 3.05) is 13.2 Å². The van der Waals surface area contributed by atoms with E-state index in [0.29, 0.717) is 23.6 Å². The molecule has 5 nitrogen and oxygen atoms in total. The number of fused-ring (bicyclic) bond motifs is 1. The number of carbonyl (C=O) groups excluding carboxylic acids is 1. The molecular weight excluding hydrogens is 292 g/mol. The Hall–Kier alpha value is -2.66. The molecule has 2 aromatic rings. The molecule has 1 unspecified atom stereocenters. The van der Waals surface area contributed by atoms with Crippen LogP contribution in [-0.2, 0) is 4.79 Å². The molecule has 118 valence electrons. The minimum Gasteiger partial charge on any atom is -0.487 e. The number of nitrogens with one attached hydrogen (secondary N) is 1. The van der Waals surface area contributed by atoms with Gasteiger partial charge in [-0.3, -0.25) is 0 Å². The summed E-state index contributed by atoms with van der Waals surface area (Å²) in [5, 5.41) is 12.3. The number of ether oxygens (including phenoxy) is 1. The van der Waals surface area contributed by atoms with E-state index in [-0.39, 0.29) is 11.6 Å². The van der Waals surface area contributed by atoms with Crippen LogP contribution in [0.4, 0.5) is 5.69 Å². The maximum Gasteiger partial charge on any atom is 0.372 e. The zero-order valence-corrected chi connectivity index (χ0v) is 13.2. The van der Waals surface area contributed by atoms with Crippen LogP contribution in [0.15, 0.2) is 47.6 Å². The van der Waals surface area contributed by atoms with Gasteiger partial charge in [0.15, 0.2) is 0 Å². The monoisotopic (exact) mass is 311 g/mol. The molecule has 0 saturated carbocycles. The highest BCUT2D eigenvalue weighted by atomic mass is 16.5. The smallest absolute Gasteiger partial charge is 0.372 e. The molecule has 1 atom stereocenters. The van der Waals surface area contributed by atoms with E-state index >= 15 is 0 Å². The summed E-state index contributed by atoms with van der Waals surface area (Å²) in [6.07, 6.45) is 0. The van der Waals surface area contributed by atoms with Crippen LogP contribution in [0.5, 0.6) is 5.75 Å². The number of hydrogen-bond acceptors (Lipinski definition) is 4. The molecule has 5 heteroatoms. The Balaban J connectivity index is 1.76. The maximum absolute atomic E-state index is 12.4. The summed E-state index contributed by atoms with van der Waals surface area (Å²) in [6, 6.07) is 13.5. The SMILES string of the molecule is Cc1ccc2c(c1)C(=NO)C(=O)[NH+]2CCOc1ccccc1C. The highest BCUT2D eigenvalue weighted by molar-refractivity contribution is 6.45. The van der Waals surface area contributed by atoms with Gasteiger partial charge in [0.25, 0.3) is 0 Å². The highest BCUT2D eigenvalue weighted by Gasteiger charge is 2.40. The van der Waals surface area contributed by atoms with Crippen molar-refractivity contribution < 1.29 is 19.6 Å². The Kier molecular flexibility index (Phi) is 4.12. The molecule has 0 radical (unpaired) electrons. The summed E-state index contributed by atoms with van der Waals surface area (Å²) in [5.74, 6) is 0.597. The normalized spacial score (nSPS) is 18.3. The van der Waals surface area contributed by atoms with Gasteiger partial charge in [-0.15, -0.1) is 0 Å². The zero-order chi connectivity index (χ0) is 16.4. The van der Waals surface area contributed by atoms with Crippen LogP contribution >= 0.6 is 0 Å². The lowest BCUT2D eigenvalue weighted by Gasteiger charge is -2.13. The van der Waals surface area contributed by atoms with E-state index in [2.05, 4.69) is 5.16 Å². The Bertz CT molecular complexity index is 784. The average Bonchev–Trinajstić information content (AvgIpc) is 2.80. The van der Waals surface area contributed by atoms with E-state index < -0.39 is 0 Å². The van der Waals surface area contributed by atoms with Gasteiger partial charge in [0.05, 0.1) is 5.56 Å². The van der Waals surface area contributed by atoms with Crippen molar-refractivity contribution >= 4 is 17.3 Å². The van der Waals surface area contributed by atoms with E-state index in [1.165, 1.54) is 0 Å². The number of para-hydroxylation sites is 1. The van der Waals surface area contributed by atoms with Crippen molar-refractivity contribution in [2.24, 2.45) is 5.16 Å². The van der Waals surface area contributed by atoms with E-state index in [1.54, 1.807) is 0 Å². The molecule has 1 heterocycles. The maximum atomic E-state index is 12.4. The summed E-state index contributed by atoms with van der Waals surface area (Å²) in [7, 11) is 0. The van der Waals surface area contributed by atoms with Crippen molar-refractivity contribution in [1.29, 1.82) is 0 Å². The lowest BCUT2D eigenvalue weighted by molar-refractivity contribution is -0.742. The van der Waals surface area contributed by atoms with Gasteiger partial charge in [-0.1, -0.05) is 29.4 Å². The number of nitrogens with zero attached hydrogens (tertiary/aromatic N) is 1. The van der Waals surface area contributed by atoms with Gasteiger partial charge in [-0.25, -0.2) is 9.69 Å². The Morgan fingerprint density at radius 2 is 1.96 bits per heavy atom.